The zero-order valence-corrected chi connectivity index (χ0v) is 7.66. The molecule has 0 aromatic heterocycles. The van der Waals surface area contributed by atoms with Gasteiger partial charge in [-0.1, -0.05) is 6.07 Å². The number of hydrogen-bond acceptors (Lipinski definition) is 3. The Morgan fingerprint density at radius 2 is 2.36 bits per heavy atom. The van der Waals surface area contributed by atoms with Crippen LogP contribution in [0.3, 0.4) is 0 Å². The van der Waals surface area contributed by atoms with Crippen LogP contribution in [0.5, 0.6) is 11.5 Å². The molecule has 1 atom stereocenters. The smallest absolute Gasteiger partial charge is 0.194 e. The average Bonchev–Trinajstić information content (AvgIpc) is 2.66. The Morgan fingerprint density at radius 1 is 1.50 bits per heavy atom. The Balaban J connectivity index is 2.11. The van der Waals surface area contributed by atoms with Crippen LogP contribution in [0.1, 0.15) is 6.42 Å². The van der Waals surface area contributed by atoms with Gasteiger partial charge in [0, 0.05) is 6.54 Å². The zero-order valence-electron chi connectivity index (χ0n) is 7.66. The minimum atomic E-state index is -0.645. The molecule has 0 amide bonds. The van der Waals surface area contributed by atoms with Gasteiger partial charge < -0.3 is 15.2 Å². The van der Waals surface area contributed by atoms with E-state index in [1.54, 1.807) is 6.07 Å². The van der Waals surface area contributed by atoms with Gasteiger partial charge in [-0.05, 0) is 25.1 Å². The fourth-order valence-corrected chi connectivity index (χ4v) is 1.50. The minimum Gasteiger partial charge on any atom is -0.502 e. The van der Waals surface area contributed by atoms with E-state index in [2.05, 4.69) is 5.32 Å². The van der Waals surface area contributed by atoms with Gasteiger partial charge in [0.05, 0.1) is 0 Å². The number of aromatic hydroxyl groups is 1. The Kier molecular flexibility index (Phi) is 2.54. The standard InChI is InChI=1S/C10H12FNO2/c11-8-2-1-3-9(10(8)13)14-7-4-5-12-6-7/h1-3,7,12-13H,4-6H2. The number of ether oxygens (including phenoxy) is 1. The highest BCUT2D eigenvalue weighted by Gasteiger charge is 2.18. The molecular formula is C10H12FNO2. The molecule has 4 heteroatoms. The summed E-state index contributed by atoms with van der Waals surface area (Å²) in [5.41, 5.74) is 0. The van der Waals surface area contributed by atoms with Crippen LogP contribution < -0.4 is 10.1 Å². The monoisotopic (exact) mass is 197 g/mol. The zero-order chi connectivity index (χ0) is 9.97. The second-order valence-corrected chi connectivity index (χ2v) is 3.32. The second-order valence-electron chi connectivity index (χ2n) is 3.32. The minimum absolute atomic E-state index is 0.0303. The van der Waals surface area contributed by atoms with Gasteiger partial charge >= 0.3 is 0 Å². The van der Waals surface area contributed by atoms with Crippen LogP contribution in [0.2, 0.25) is 0 Å². The van der Waals surface area contributed by atoms with E-state index < -0.39 is 11.6 Å². The molecule has 1 saturated heterocycles. The third-order valence-electron chi connectivity index (χ3n) is 2.26. The van der Waals surface area contributed by atoms with Crippen molar-refractivity contribution in [1.82, 2.24) is 5.32 Å². The Labute approximate surface area is 81.5 Å². The lowest BCUT2D eigenvalue weighted by molar-refractivity contribution is 0.211. The molecule has 0 radical (unpaired) electrons. The fourth-order valence-electron chi connectivity index (χ4n) is 1.50. The summed E-state index contributed by atoms with van der Waals surface area (Å²) < 4.78 is 18.3. The highest BCUT2D eigenvalue weighted by Crippen LogP contribution is 2.29. The molecule has 1 aromatic carbocycles. The first-order valence-corrected chi connectivity index (χ1v) is 4.62. The predicted molar refractivity (Wildman–Crippen MR) is 50.0 cm³/mol. The molecule has 1 fully saturated rings. The normalized spacial score (nSPS) is 21.1. The molecule has 2 rings (SSSR count). The largest absolute Gasteiger partial charge is 0.502 e. The number of para-hydroxylation sites is 1. The maximum atomic E-state index is 12.9. The topological polar surface area (TPSA) is 41.5 Å². The van der Waals surface area contributed by atoms with E-state index in [1.807, 2.05) is 0 Å². The fraction of sp³-hybridized carbons (Fsp3) is 0.400. The molecule has 1 aromatic rings. The van der Waals surface area contributed by atoms with Crippen molar-refractivity contribution in [3.63, 3.8) is 0 Å². The number of hydrogen-bond donors (Lipinski definition) is 2. The third kappa shape index (κ3) is 1.80. The number of phenols is 1. The average molecular weight is 197 g/mol. The molecule has 1 aliphatic heterocycles. The molecular weight excluding hydrogens is 185 g/mol. The summed E-state index contributed by atoms with van der Waals surface area (Å²) in [5.74, 6) is -0.827. The van der Waals surface area contributed by atoms with Crippen molar-refractivity contribution in [2.24, 2.45) is 0 Å². The summed E-state index contributed by atoms with van der Waals surface area (Å²) in [5, 5.41) is 12.5. The highest BCUT2D eigenvalue weighted by molar-refractivity contribution is 5.39. The Hall–Kier alpha value is -1.29. The van der Waals surface area contributed by atoms with E-state index in [9.17, 15) is 9.50 Å². The molecule has 0 spiro atoms. The molecule has 1 heterocycles. The lowest BCUT2D eigenvalue weighted by Gasteiger charge is -2.13. The van der Waals surface area contributed by atoms with Crippen molar-refractivity contribution in [1.29, 1.82) is 0 Å². The van der Waals surface area contributed by atoms with Crippen molar-refractivity contribution in [3.8, 4) is 11.5 Å². The van der Waals surface area contributed by atoms with Gasteiger partial charge in [-0.2, -0.15) is 0 Å². The number of rotatable bonds is 2. The van der Waals surface area contributed by atoms with Crippen molar-refractivity contribution in [2.45, 2.75) is 12.5 Å². The van der Waals surface area contributed by atoms with Crippen LogP contribution >= 0.6 is 0 Å². The predicted octanol–water partition coefficient (Wildman–Crippen LogP) is 1.27. The van der Waals surface area contributed by atoms with E-state index in [0.29, 0.717) is 0 Å². The van der Waals surface area contributed by atoms with Crippen LogP contribution in [0, 0.1) is 5.82 Å². The maximum Gasteiger partial charge on any atom is 0.194 e. The van der Waals surface area contributed by atoms with Gasteiger partial charge in [-0.3, -0.25) is 0 Å². The van der Waals surface area contributed by atoms with Gasteiger partial charge in [-0.15, -0.1) is 0 Å². The maximum absolute atomic E-state index is 12.9. The van der Waals surface area contributed by atoms with Crippen LogP contribution in [0.15, 0.2) is 18.2 Å². The van der Waals surface area contributed by atoms with Crippen molar-refractivity contribution in [3.05, 3.63) is 24.0 Å². The molecule has 1 unspecified atom stereocenters. The molecule has 0 saturated carbocycles. The van der Waals surface area contributed by atoms with Crippen LogP contribution in [0.4, 0.5) is 4.39 Å². The van der Waals surface area contributed by atoms with Gasteiger partial charge in [-0.25, -0.2) is 4.39 Å². The van der Waals surface area contributed by atoms with E-state index in [4.69, 9.17) is 4.74 Å². The Bertz CT molecular complexity index is 324. The molecule has 1 aliphatic rings. The van der Waals surface area contributed by atoms with Crippen molar-refractivity contribution < 1.29 is 14.2 Å². The molecule has 2 N–H and O–H groups in total. The number of benzene rings is 1. The first-order chi connectivity index (χ1) is 6.77. The molecule has 0 aliphatic carbocycles. The summed E-state index contributed by atoms with van der Waals surface area (Å²) in [4.78, 5) is 0. The summed E-state index contributed by atoms with van der Waals surface area (Å²) in [7, 11) is 0. The molecule has 3 nitrogen and oxygen atoms in total. The third-order valence-corrected chi connectivity index (χ3v) is 2.26. The van der Waals surface area contributed by atoms with E-state index in [-0.39, 0.29) is 11.9 Å². The van der Waals surface area contributed by atoms with Crippen LogP contribution in [-0.2, 0) is 0 Å². The summed E-state index contributed by atoms with van der Waals surface area (Å²) in [6.45, 7) is 1.65. The summed E-state index contributed by atoms with van der Waals surface area (Å²) in [6.07, 6.45) is 0.915. The number of phenolic OH excluding ortho intramolecular Hbond substituents is 1. The van der Waals surface area contributed by atoms with Crippen molar-refractivity contribution >= 4 is 0 Å². The van der Waals surface area contributed by atoms with Gasteiger partial charge in [0.2, 0.25) is 0 Å². The first kappa shape index (κ1) is 9.27. The number of halogens is 1. The number of nitrogens with one attached hydrogen (secondary N) is 1. The lowest BCUT2D eigenvalue weighted by Crippen LogP contribution is -2.19. The SMILES string of the molecule is Oc1c(F)cccc1OC1CCNC1. The molecule has 76 valence electrons. The highest BCUT2D eigenvalue weighted by atomic mass is 19.1. The summed E-state index contributed by atoms with van der Waals surface area (Å²) in [6, 6.07) is 4.29. The molecule has 0 bridgehead atoms. The second kappa shape index (κ2) is 3.84. The van der Waals surface area contributed by atoms with Crippen LogP contribution in [0.25, 0.3) is 0 Å². The van der Waals surface area contributed by atoms with E-state index >= 15 is 0 Å². The van der Waals surface area contributed by atoms with Gasteiger partial charge in [0.15, 0.2) is 17.3 Å². The van der Waals surface area contributed by atoms with Gasteiger partial charge in [0.1, 0.15) is 6.10 Å². The Morgan fingerprint density at radius 3 is 3.07 bits per heavy atom. The first-order valence-electron chi connectivity index (χ1n) is 4.62. The lowest BCUT2D eigenvalue weighted by atomic mass is 10.3. The van der Waals surface area contributed by atoms with Gasteiger partial charge in [0.25, 0.3) is 0 Å². The summed E-state index contributed by atoms with van der Waals surface area (Å²) >= 11 is 0. The quantitative estimate of drug-likeness (QED) is 0.750. The van der Waals surface area contributed by atoms with Crippen LogP contribution in [-0.4, -0.2) is 24.3 Å². The molecule has 14 heavy (non-hydrogen) atoms. The van der Waals surface area contributed by atoms with Crippen molar-refractivity contribution in [2.75, 3.05) is 13.1 Å². The van der Waals surface area contributed by atoms with E-state index in [0.717, 1.165) is 19.5 Å². The van der Waals surface area contributed by atoms with E-state index in [1.165, 1.54) is 12.1 Å².